The summed E-state index contributed by atoms with van der Waals surface area (Å²) in [6.45, 7) is 4.68. The summed E-state index contributed by atoms with van der Waals surface area (Å²) < 4.78 is 54.1. The van der Waals surface area contributed by atoms with Crippen LogP contribution in [0.25, 0.3) is 0 Å². The summed E-state index contributed by atoms with van der Waals surface area (Å²) in [6.07, 6.45) is -4.78. The second kappa shape index (κ2) is 6.81. The van der Waals surface area contributed by atoms with Crippen molar-refractivity contribution in [1.29, 1.82) is 5.26 Å². The lowest BCUT2D eigenvalue weighted by molar-refractivity contribution is -0.137. The molecule has 1 aliphatic rings. The van der Waals surface area contributed by atoms with Crippen molar-refractivity contribution in [2.75, 3.05) is 9.80 Å². The maximum absolute atomic E-state index is 14.1. The van der Waals surface area contributed by atoms with Crippen molar-refractivity contribution in [2.45, 2.75) is 32.5 Å². The molecule has 0 aromatic heterocycles. The third-order valence-electron chi connectivity index (χ3n) is 4.77. The lowest BCUT2D eigenvalue weighted by Gasteiger charge is -2.29. The molecule has 1 aliphatic heterocycles. The minimum absolute atomic E-state index is 0.0823. The van der Waals surface area contributed by atoms with Gasteiger partial charge in [-0.1, -0.05) is 6.07 Å². The van der Waals surface area contributed by atoms with Crippen molar-refractivity contribution in [1.82, 2.24) is 0 Å². The Balaban J connectivity index is 2.13. The molecule has 0 spiro atoms. The Kier molecular flexibility index (Phi) is 4.87. The van der Waals surface area contributed by atoms with Crippen molar-refractivity contribution in [3.05, 3.63) is 58.9 Å². The number of carbonyl (C=O) groups excluding carboxylic acids is 1. The number of amides is 1. The van der Waals surface area contributed by atoms with E-state index >= 15 is 0 Å². The number of nitrogens with zero attached hydrogens (tertiary/aromatic N) is 3. The van der Waals surface area contributed by atoms with E-state index < -0.39 is 34.6 Å². The lowest BCUT2D eigenvalue weighted by atomic mass is 10.0. The highest BCUT2D eigenvalue weighted by molar-refractivity contribution is 7.81. The van der Waals surface area contributed by atoms with Gasteiger partial charge in [0.25, 0.3) is 5.91 Å². The van der Waals surface area contributed by atoms with Gasteiger partial charge in [-0.3, -0.25) is 9.69 Å². The molecule has 1 saturated heterocycles. The molecule has 0 unspecified atom stereocenters. The van der Waals surface area contributed by atoms with E-state index in [4.69, 9.17) is 17.5 Å². The molecule has 0 bridgehead atoms. The zero-order valence-electron chi connectivity index (χ0n) is 15.6. The molecular formula is C20H15F4N3OS. The standard InChI is InChI=1S/C20H15F4N3OS/c1-11-4-6-14(9-16(11)21)27-18(29)26(17(28)19(27,2)3)13-7-5-12(10-25)15(8-13)20(22,23)24/h4-9H,1-3H3. The second-order valence-corrected chi connectivity index (χ2v) is 7.46. The Morgan fingerprint density at radius 1 is 1.10 bits per heavy atom. The molecule has 1 amide bonds. The van der Waals surface area contributed by atoms with Crippen LogP contribution in [0.1, 0.15) is 30.5 Å². The first kappa shape index (κ1) is 20.7. The van der Waals surface area contributed by atoms with Crippen molar-refractivity contribution >= 4 is 34.6 Å². The Bertz CT molecular complexity index is 1070. The van der Waals surface area contributed by atoms with Gasteiger partial charge in [0.15, 0.2) is 5.11 Å². The van der Waals surface area contributed by atoms with Gasteiger partial charge in [0.05, 0.1) is 22.9 Å². The Morgan fingerprint density at radius 3 is 2.28 bits per heavy atom. The topological polar surface area (TPSA) is 47.3 Å². The predicted octanol–water partition coefficient (Wildman–Crippen LogP) is 4.94. The van der Waals surface area contributed by atoms with E-state index in [1.165, 1.54) is 29.2 Å². The third-order valence-corrected chi connectivity index (χ3v) is 5.13. The largest absolute Gasteiger partial charge is 0.417 e. The van der Waals surface area contributed by atoms with Crippen LogP contribution >= 0.6 is 12.2 Å². The summed E-state index contributed by atoms with van der Waals surface area (Å²) in [5.74, 6) is -1.06. The molecule has 9 heteroatoms. The second-order valence-electron chi connectivity index (χ2n) is 7.09. The van der Waals surface area contributed by atoms with E-state index in [1.54, 1.807) is 26.8 Å². The molecule has 0 radical (unpaired) electrons. The first-order valence-electron chi connectivity index (χ1n) is 8.46. The minimum Gasteiger partial charge on any atom is -0.303 e. The number of anilines is 2. The van der Waals surface area contributed by atoms with Crippen LogP contribution in [0.15, 0.2) is 36.4 Å². The molecule has 1 fully saturated rings. The van der Waals surface area contributed by atoms with Gasteiger partial charge in [0, 0.05) is 5.69 Å². The first-order valence-corrected chi connectivity index (χ1v) is 8.86. The fourth-order valence-electron chi connectivity index (χ4n) is 3.18. The number of hydrogen-bond acceptors (Lipinski definition) is 3. The smallest absolute Gasteiger partial charge is 0.303 e. The Labute approximate surface area is 169 Å². The van der Waals surface area contributed by atoms with Gasteiger partial charge in [0.2, 0.25) is 0 Å². The van der Waals surface area contributed by atoms with Crippen LogP contribution in [0.4, 0.5) is 28.9 Å². The number of alkyl halides is 3. The van der Waals surface area contributed by atoms with Crippen molar-refractivity contribution in [2.24, 2.45) is 0 Å². The van der Waals surface area contributed by atoms with Crippen molar-refractivity contribution < 1.29 is 22.4 Å². The molecule has 29 heavy (non-hydrogen) atoms. The van der Waals surface area contributed by atoms with E-state index in [9.17, 15) is 22.4 Å². The lowest BCUT2D eigenvalue weighted by Crippen LogP contribution is -2.44. The zero-order chi connectivity index (χ0) is 21.7. The number of nitriles is 1. The van der Waals surface area contributed by atoms with Crippen LogP contribution in [0.3, 0.4) is 0 Å². The van der Waals surface area contributed by atoms with Crippen LogP contribution in [-0.2, 0) is 11.0 Å². The molecule has 1 heterocycles. The van der Waals surface area contributed by atoms with Crippen molar-refractivity contribution in [3.63, 3.8) is 0 Å². The number of benzene rings is 2. The van der Waals surface area contributed by atoms with Gasteiger partial charge in [-0.25, -0.2) is 4.39 Å². The number of rotatable bonds is 2. The van der Waals surface area contributed by atoms with E-state index in [0.29, 0.717) is 11.3 Å². The molecule has 0 aliphatic carbocycles. The van der Waals surface area contributed by atoms with Crippen LogP contribution in [-0.4, -0.2) is 16.6 Å². The van der Waals surface area contributed by atoms with Gasteiger partial charge in [-0.15, -0.1) is 0 Å². The van der Waals surface area contributed by atoms with Gasteiger partial charge in [-0.05, 0) is 68.9 Å². The number of aryl methyl sites for hydroxylation is 1. The maximum atomic E-state index is 14.1. The SMILES string of the molecule is Cc1ccc(N2C(=S)N(c3ccc(C#N)c(C(F)(F)F)c3)C(=O)C2(C)C)cc1F. The fraction of sp³-hybridized carbons (Fsp3) is 0.250. The Morgan fingerprint density at radius 2 is 1.72 bits per heavy atom. The van der Waals surface area contributed by atoms with E-state index in [2.05, 4.69) is 0 Å². The van der Waals surface area contributed by atoms with Crippen LogP contribution < -0.4 is 9.80 Å². The van der Waals surface area contributed by atoms with Gasteiger partial charge in [-0.2, -0.15) is 18.4 Å². The monoisotopic (exact) mass is 421 g/mol. The number of carbonyl (C=O) groups is 1. The molecule has 0 N–H and O–H groups in total. The maximum Gasteiger partial charge on any atom is 0.417 e. The molecule has 0 saturated carbocycles. The fourth-order valence-corrected chi connectivity index (χ4v) is 3.70. The number of hydrogen-bond donors (Lipinski definition) is 0. The van der Waals surface area contributed by atoms with Crippen molar-refractivity contribution in [3.8, 4) is 6.07 Å². The van der Waals surface area contributed by atoms with E-state index in [1.807, 2.05) is 0 Å². The van der Waals surface area contributed by atoms with E-state index in [-0.39, 0.29) is 10.8 Å². The van der Waals surface area contributed by atoms with E-state index in [0.717, 1.165) is 17.0 Å². The minimum atomic E-state index is -4.78. The summed E-state index contributed by atoms with van der Waals surface area (Å²) in [5, 5.41) is 8.88. The summed E-state index contributed by atoms with van der Waals surface area (Å²) in [6, 6.07) is 8.78. The number of halogens is 4. The molecule has 150 valence electrons. The predicted molar refractivity (Wildman–Crippen MR) is 104 cm³/mol. The highest BCUT2D eigenvalue weighted by Gasteiger charge is 2.50. The average Bonchev–Trinajstić information content (AvgIpc) is 2.81. The van der Waals surface area contributed by atoms with Gasteiger partial charge < -0.3 is 4.90 Å². The van der Waals surface area contributed by atoms with Crippen LogP contribution in [0, 0.1) is 24.1 Å². The quantitative estimate of drug-likeness (QED) is 0.509. The molecule has 0 atom stereocenters. The summed E-state index contributed by atoms with van der Waals surface area (Å²) in [4.78, 5) is 15.4. The molecule has 2 aromatic carbocycles. The number of thiocarbonyl (C=S) groups is 1. The normalized spacial score (nSPS) is 16.3. The summed E-state index contributed by atoms with van der Waals surface area (Å²) in [5.41, 5.74) is -2.38. The van der Waals surface area contributed by atoms with Crippen LogP contribution in [0.5, 0.6) is 0 Å². The van der Waals surface area contributed by atoms with Crippen LogP contribution in [0.2, 0.25) is 0 Å². The molecule has 4 nitrogen and oxygen atoms in total. The molecular weight excluding hydrogens is 406 g/mol. The average molecular weight is 421 g/mol. The zero-order valence-corrected chi connectivity index (χ0v) is 16.5. The third kappa shape index (κ3) is 3.34. The van der Waals surface area contributed by atoms with Gasteiger partial charge >= 0.3 is 6.18 Å². The highest BCUT2D eigenvalue weighted by atomic mass is 32.1. The summed E-state index contributed by atoms with van der Waals surface area (Å²) >= 11 is 5.39. The summed E-state index contributed by atoms with van der Waals surface area (Å²) in [7, 11) is 0. The first-order chi connectivity index (χ1) is 13.4. The molecule has 3 rings (SSSR count). The Hall–Kier alpha value is -2.99. The highest BCUT2D eigenvalue weighted by Crippen LogP contribution is 2.39. The molecule has 2 aromatic rings. The van der Waals surface area contributed by atoms with Gasteiger partial charge in [0.1, 0.15) is 11.4 Å².